The average molecular weight is 399 g/mol. The second-order valence-electron chi connectivity index (χ2n) is 7.93. The minimum Gasteiger partial charge on any atom is -0.396 e. The van der Waals surface area contributed by atoms with Crippen molar-refractivity contribution in [3.05, 3.63) is 57.8 Å². The van der Waals surface area contributed by atoms with Crippen LogP contribution in [0, 0.1) is 11.8 Å². The molecule has 0 aliphatic carbocycles. The second-order valence-corrected chi connectivity index (χ2v) is 9.10. The Morgan fingerprint density at radius 2 is 1.89 bits per heavy atom. The Morgan fingerprint density at radius 1 is 1.11 bits per heavy atom. The van der Waals surface area contributed by atoms with Gasteiger partial charge in [-0.05, 0) is 38.0 Å². The van der Waals surface area contributed by atoms with Crippen molar-refractivity contribution >= 4 is 11.3 Å². The van der Waals surface area contributed by atoms with Gasteiger partial charge in [-0.2, -0.15) is 0 Å². The van der Waals surface area contributed by atoms with E-state index >= 15 is 0 Å². The highest BCUT2D eigenvalue weighted by Gasteiger charge is 2.26. The second kappa shape index (κ2) is 9.69. The van der Waals surface area contributed by atoms with Gasteiger partial charge < -0.3 is 10.2 Å². The van der Waals surface area contributed by atoms with Crippen LogP contribution in [0.5, 0.6) is 0 Å². The van der Waals surface area contributed by atoms with Crippen molar-refractivity contribution in [3.63, 3.8) is 0 Å². The molecule has 2 N–H and O–H groups in total. The summed E-state index contributed by atoms with van der Waals surface area (Å²) in [5.74, 6) is 5.94. The molecule has 1 aliphatic heterocycles. The Hall–Kier alpha value is -1.68. The van der Waals surface area contributed by atoms with E-state index in [0.717, 1.165) is 44.0 Å². The van der Waals surface area contributed by atoms with Gasteiger partial charge in [-0.15, -0.1) is 11.3 Å². The Labute approximate surface area is 172 Å². The monoisotopic (exact) mass is 398 g/mol. The highest BCUT2D eigenvalue weighted by Crippen LogP contribution is 2.22. The van der Waals surface area contributed by atoms with Gasteiger partial charge in [0.2, 0.25) is 0 Å². The molecule has 0 bridgehead atoms. The lowest BCUT2D eigenvalue weighted by Crippen LogP contribution is -2.52. The lowest BCUT2D eigenvalue weighted by Gasteiger charge is -2.41. The van der Waals surface area contributed by atoms with Crippen LogP contribution in [0.25, 0.3) is 0 Å². The molecule has 1 unspecified atom stereocenters. The molecule has 3 rings (SSSR count). The maximum Gasteiger partial charge on any atom is 0.120 e. The van der Waals surface area contributed by atoms with Gasteiger partial charge in [0, 0.05) is 50.2 Å². The molecule has 0 radical (unpaired) electrons. The van der Waals surface area contributed by atoms with E-state index in [1.807, 2.05) is 12.1 Å². The molecule has 1 aromatic carbocycles. The lowest BCUT2D eigenvalue weighted by molar-refractivity contribution is 0.0504. The van der Waals surface area contributed by atoms with Crippen LogP contribution in [0.1, 0.15) is 35.6 Å². The number of aliphatic hydroxyl groups is 2. The third-order valence-corrected chi connectivity index (χ3v) is 5.90. The fourth-order valence-electron chi connectivity index (χ4n) is 3.51. The molecule has 1 fully saturated rings. The van der Waals surface area contributed by atoms with Crippen molar-refractivity contribution in [1.82, 2.24) is 9.80 Å². The molecule has 5 heteroatoms. The van der Waals surface area contributed by atoms with Crippen LogP contribution in [0.15, 0.2) is 42.5 Å². The molecule has 1 aliphatic rings. The predicted octanol–water partition coefficient (Wildman–Crippen LogP) is 2.94. The van der Waals surface area contributed by atoms with Gasteiger partial charge >= 0.3 is 0 Å². The van der Waals surface area contributed by atoms with Gasteiger partial charge in [0.15, 0.2) is 0 Å². The van der Waals surface area contributed by atoms with Gasteiger partial charge in [-0.1, -0.05) is 42.2 Å². The Morgan fingerprint density at radius 3 is 2.61 bits per heavy atom. The van der Waals surface area contributed by atoms with E-state index in [-0.39, 0.29) is 6.61 Å². The summed E-state index contributed by atoms with van der Waals surface area (Å²) in [7, 11) is 0. The quantitative estimate of drug-likeness (QED) is 0.735. The molecule has 0 amide bonds. The summed E-state index contributed by atoms with van der Waals surface area (Å²) in [6.45, 7) is 8.48. The Balaban J connectivity index is 1.59. The van der Waals surface area contributed by atoms with Crippen LogP contribution in [-0.2, 0) is 13.1 Å². The summed E-state index contributed by atoms with van der Waals surface area (Å²) in [6, 6.07) is 15.1. The van der Waals surface area contributed by atoms with E-state index < -0.39 is 5.60 Å². The zero-order valence-electron chi connectivity index (χ0n) is 16.8. The number of piperazine rings is 1. The van der Waals surface area contributed by atoms with Crippen molar-refractivity contribution in [2.45, 2.75) is 45.0 Å². The standard InChI is InChI=1S/C23H30N2O2S/c1-23(2,27)12-10-21-8-9-22(28-21)18-24-13-14-25(20(17-24)11-15-26)16-19-6-4-3-5-7-19/h3-9,20,26-27H,11,13-18H2,1-2H3. The minimum absolute atomic E-state index is 0.222. The van der Waals surface area contributed by atoms with Crippen LogP contribution in [0.4, 0.5) is 0 Å². The molecule has 28 heavy (non-hydrogen) atoms. The van der Waals surface area contributed by atoms with Crippen LogP contribution in [-0.4, -0.2) is 57.9 Å². The first-order valence-corrected chi connectivity index (χ1v) is 10.7. The van der Waals surface area contributed by atoms with Crippen molar-refractivity contribution in [3.8, 4) is 11.8 Å². The van der Waals surface area contributed by atoms with Crippen LogP contribution in [0.3, 0.4) is 0 Å². The first-order valence-electron chi connectivity index (χ1n) is 9.88. The molecular weight excluding hydrogens is 368 g/mol. The normalized spacial score (nSPS) is 18.6. The molecule has 0 spiro atoms. The third-order valence-electron chi connectivity index (χ3n) is 4.91. The SMILES string of the molecule is CC(C)(O)C#Cc1ccc(CN2CCN(Cc3ccccc3)C(CCO)C2)s1. The van der Waals surface area contributed by atoms with Gasteiger partial charge in [0.1, 0.15) is 5.60 Å². The number of benzene rings is 1. The van der Waals surface area contributed by atoms with E-state index in [9.17, 15) is 10.2 Å². The number of hydrogen-bond acceptors (Lipinski definition) is 5. The highest BCUT2D eigenvalue weighted by molar-refractivity contribution is 7.12. The van der Waals surface area contributed by atoms with Crippen LogP contribution >= 0.6 is 11.3 Å². The van der Waals surface area contributed by atoms with E-state index in [1.165, 1.54) is 10.4 Å². The molecule has 2 aromatic rings. The van der Waals surface area contributed by atoms with Crippen LogP contribution in [0.2, 0.25) is 0 Å². The third kappa shape index (κ3) is 6.44. The van der Waals surface area contributed by atoms with Gasteiger partial charge in [0.05, 0.1) is 4.88 Å². The Kier molecular flexibility index (Phi) is 7.28. The molecule has 2 heterocycles. The van der Waals surface area contributed by atoms with Crippen molar-refractivity contribution < 1.29 is 10.2 Å². The zero-order valence-corrected chi connectivity index (χ0v) is 17.6. The zero-order chi connectivity index (χ0) is 20.0. The summed E-state index contributed by atoms with van der Waals surface area (Å²) in [5, 5.41) is 19.3. The van der Waals surface area contributed by atoms with Crippen molar-refractivity contribution in [1.29, 1.82) is 0 Å². The van der Waals surface area contributed by atoms with Gasteiger partial charge in [-0.3, -0.25) is 9.80 Å². The summed E-state index contributed by atoms with van der Waals surface area (Å²) in [6.07, 6.45) is 0.802. The minimum atomic E-state index is -0.962. The summed E-state index contributed by atoms with van der Waals surface area (Å²) in [4.78, 5) is 7.25. The largest absolute Gasteiger partial charge is 0.396 e. The van der Waals surface area contributed by atoms with E-state index in [1.54, 1.807) is 25.2 Å². The summed E-state index contributed by atoms with van der Waals surface area (Å²) >= 11 is 1.70. The maximum atomic E-state index is 9.75. The van der Waals surface area contributed by atoms with Gasteiger partial charge in [-0.25, -0.2) is 0 Å². The average Bonchev–Trinajstić information content (AvgIpc) is 3.10. The van der Waals surface area contributed by atoms with E-state index in [4.69, 9.17) is 0 Å². The molecule has 1 aromatic heterocycles. The number of aliphatic hydroxyl groups excluding tert-OH is 1. The predicted molar refractivity (Wildman–Crippen MR) is 115 cm³/mol. The summed E-state index contributed by atoms with van der Waals surface area (Å²) in [5.41, 5.74) is 0.365. The first-order chi connectivity index (χ1) is 13.4. The van der Waals surface area contributed by atoms with Crippen LogP contribution < -0.4 is 0 Å². The number of rotatable bonds is 6. The molecule has 1 atom stereocenters. The maximum absolute atomic E-state index is 9.75. The van der Waals surface area contributed by atoms with Gasteiger partial charge in [0.25, 0.3) is 0 Å². The molecule has 150 valence electrons. The Bertz CT molecular complexity index is 801. The fraction of sp³-hybridized carbons (Fsp3) is 0.478. The number of nitrogens with zero attached hydrogens (tertiary/aromatic N) is 2. The summed E-state index contributed by atoms with van der Waals surface area (Å²) < 4.78 is 0. The van der Waals surface area contributed by atoms with E-state index in [2.05, 4.69) is 52.0 Å². The van der Waals surface area contributed by atoms with E-state index in [0.29, 0.717) is 6.04 Å². The lowest BCUT2D eigenvalue weighted by atomic mass is 10.1. The molecular formula is C23H30N2O2S. The highest BCUT2D eigenvalue weighted by atomic mass is 32.1. The molecule has 1 saturated heterocycles. The topological polar surface area (TPSA) is 46.9 Å². The fourth-order valence-corrected chi connectivity index (χ4v) is 4.42. The number of hydrogen-bond donors (Lipinski definition) is 2. The van der Waals surface area contributed by atoms with Crippen molar-refractivity contribution in [2.24, 2.45) is 0 Å². The van der Waals surface area contributed by atoms with Crippen molar-refractivity contribution in [2.75, 3.05) is 26.2 Å². The molecule has 0 saturated carbocycles. The molecule has 4 nitrogen and oxygen atoms in total. The smallest absolute Gasteiger partial charge is 0.120 e. The number of thiophene rings is 1. The first kappa shape index (κ1) is 21.0.